The molecule has 0 atom stereocenters. The molecule has 0 bridgehead atoms. The van der Waals surface area contributed by atoms with Crippen LogP contribution in [0.15, 0.2) is 46.5 Å². The van der Waals surface area contributed by atoms with Gasteiger partial charge in [0.05, 0.1) is 5.02 Å². The van der Waals surface area contributed by atoms with Gasteiger partial charge in [-0.3, -0.25) is 0 Å². The van der Waals surface area contributed by atoms with Crippen LogP contribution >= 0.6 is 35.0 Å². The van der Waals surface area contributed by atoms with Crippen molar-refractivity contribution in [2.24, 2.45) is 5.73 Å². The third kappa shape index (κ3) is 3.13. The van der Waals surface area contributed by atoms with Crippen molar-refractivity contribution in [2.75, 3.05) is 0 Å². The first-order valence-corrected chi connectivity index (χ1v) is 6.55. The highest BCUT2D eigenvalue weighted by atomic mass is 35.5. The van der Waals surface area contributed by atoms with Crippen LogP contribution in [0.1, 0.15) is 5.56 Å². The molecule has 1 heterocycles. The molecule has 1 aromatic heterocycles. The summed E-state index contributed by atoms with van der Waals surface area (Å²) in [7, 11) is 0. The van der Waals surface area contributed by atoms with E-state index in [0.29, 0.717) is 16.6 Å². The normalized spacial score (nSPS) is 10.5. The summed E-state index contributed by atoms with van der Waals surface area (Å²) in [4.78, 5) is 5.25. The molecule has 17 heavy (non-hydrogen) atoms. The molecule has 0 amide bonds. The van der Waals surface area contributed by atoms with E-state index in [2.05, 4.69) is 4.98 Å². The number of benzene rings is 1. The maximum Gasteiger partial charge on any atom is 0.119 e. The van der Waals surface area contributed by atoms with Crippen molar-refractivity contribution in [1.29, 1.82) is 0 Å². The molecule has 88 valence electrons. The molecule has 5 heteroatoms. The van der Waals surface area contributed by atoms with Gasteiger partial charge in [0, 0.05) is 22.7 Å². The quantitative estimate of drug-likeness (QED) is 0.926. The molecule has 0 unspecified atom stereocenters. The molecule has 0 aliphatic heterocycles. The molecule has 2 rings (SSSR count). The number of rotatable bonds is 3. The standard InChI is InChI=1S/C12H10Cl2N2S/c13-9-3-4-11(8(6-9)7-15)17-12-10(14)2-1-5-16-12/h1-6H,7,15H2. The zero-order chi connectivity index (χ0) is 12.3. The van der Waals surface area contributed by atoms with Gasteiger partial charge >= 0.3 is 0 Å². The van der Waals surface area contributed by atoms with Crippen LogP contribution in [-0.4, -0.2) is 4.98 Å². The number of nitrogens with two attached hydrogens (primary N) is 1. The largest absolute Gasteiger partial charge is 0.326 e. The van der Waals surface area contributed by atoms with E-state index in [4.69, 9.17) is 28.9 Å². The van der Waals surface area contributed by atoms with Gasteiger partial charge in [-0.05, 0) is 35.9 Å². The van der Waals surface area contributed by atoms with Crippen LogP contribution in [0.3, 0.4) is 0 Å². The first-order valence-electron chi connectivity index (χ1n) is 4.97. The summed E-state index contributed by atoms with van der Waals surface area (Å²) in [6, 6.07) is 9.24. The lowest BCUT2D eigenvalue weighted by atomic mass is 10.2. The van der Waals surface area contributed by atoms with Crippen LogP contribution in [0, 0.1) is 0 Å². The van der Waals surface area contributed by atoms with E-state index in [9.17, 15) is 0 Å². The first-order chi connectivity index (χ1) is 8.20. The third-order valence-corrected chi connectivity index (χ3v) is 3.96. The monoisotopic (exact) mass is 284 g/mol. The molecular weight excluding hydrogens is 275 g/mol. The zero-order valence-electron chi connectivity index (χ0n) is 8.86. The molecule has 0 radical (unpaired) electrons. The van der Waals surface area contributed by atoms with Crippen molar-refractivity contribution in [3.05, 3.63) is 52.1 Å². The Morgan fingerprint density at radius 3 is 2.76 bits per heavy atom. The number of aromatic nitrogens is 1. The van der Waals surface area contributed by atoms with Crippen LogP contribution < -0.4 is 5.73 Å². The molecule has 0 aliphatic carbocycles. The van der Waals surface area contributed by atoms with Gasteiger partial charge in [-0.2, -0.15) is 0 Å². The van der Waals surface area contributed by atoms with Gasteiger partial charge in [-0.1, -0.05) is 35.0 Å². The van der Waals surface area contributed by atoms with E-state index >= 15 is 0 Å². The molecule has 0 aliphatic rings. The average molecular weight is 285 g/mol. The van der Waals surface area contributed by atoms with Crippen molar-refractivity contribution >= 4 is 35.0 Å². The van der Waals surface area contributed by atoms with E-state index in [1.54, 1.807) is 12.3 Å². The van der Waals surface area contributed by atoms with Crippen molar-refractivity contribution in [1.82, 2.24) is 4.98 Å². The molecule has 2 nitrogen and oxygen atoms in total. The average Bonchev–Trinajstić information content (AvgIpc) is 2.34. The van der Waals surface area contributed by atoms with Crippen molar-refractivity contribution < 1.29 is 0 Å². The van der Waals surface area contributed by atoms with E-state index < -0.39 is 0 Å². The van der Waals surface area contributed by atoms with Crippen molar-refractivity contribution in [3.63, 3.8) is 0 Å². The van der Waals surface area contributed by atoms with Crippen molar-refractivity contribution in [2.45, 2.75) is 16.5 Å². The highest BCUT2D eigenvalue weighted by molar-refractivity contribution is 7.99. The van der Waals surface area contributed by atoms with Crippen LogP contribution in [0.5, 0.6) is 0 Å². The Bertz CT molecular complexity index is 532. The number of pyridine rings is 1. The number of hydrogen-bond acceptors (Lipinski definition) is 3. The molecule has 1 aromatic carbocycles. The Balaban J connectivity index is 2.33. The Labute approximate surface area is 114 Å². The van der Waals surface area contributed by atoms with E-state index in [0.717, 1.165) is 15.5 Å². The topological polar surface area (TPSA) is 38.9 Å². The minimum absolute atomic E-state index is 0.438. The summed E-state index contributed by atoms with van der Waals surface area (Å²) < 4.78 is 0. The SMILES string of the molecule is NCc1cc(Cl)ccc1Sc1ncccc1Cl. The van der Waals surface area contributed by atoms with E-state index in [-0.39, 0.29) is 0 Å². The zero-order valence-corrected chi connectivity index (χ0v) is 11.2. The van der Waals surface area contributed by atoms with Crippen LogP contribution in [0.4, 0.5) is 0 Å². The minimum Gasteiger partial charge on any atom is -0.326 e. The minimum atomic E-state index is 0.438. The smallest absolute Gasteiger partial charge is 0.119 e. The molecule has 0 saturated carbocycles. The molecule has 2 aromatic rings. The lowest BCUT2D eigenvalue weighted by Gasteiger charge is -2.08. The highest BCUT2D eigenvalue weighted by Gasteiger charge is 2.07. The molecule has 0 fully saturated rings. The predicted octanol–water partition coefficient (Wildman–Crippen LogP) is 4.00. The molecule has 0 saturated heterocycles. The van der Waals surface area contributed by atoms with Gasteiger partial charge in [-0.25, -0.2) is 4.98 Å². The maximum absolute atomic E-state index is 6.06. The second-order valence-corrected chi connectivity index (χ2v) is 5.22. The lowest BCUT2D eigenvalue weighted by Crippen LogP contribution is -1.98. The van der Waals surface area contributed by atoms with Gasteiger partial charge in [0.2, 0.25) is 0 Å². The van der Waals surface area contributed by atoms with E-state index in [1.165, 1.54) is 11.8 Å². The molecule has 2 N–H and O–H groups in total. The number of hydrogen-bond donors (Lipinski definition) is 1. The Kier molecular flexibility index (Phi) is 4.29. The second kappa shape index (κ2) is 5.74. The van der Waals surface area contributed by atoms with Gasteiger partial charge in [-0.15, -0.1) is 0 Å². The summed E-state index contributed by atoms with van der Waals surface area (Å²) in [5.74, 6) is 0. The predicted molar refractivity (Wildman–Crippen MR) is 72.7 cm³/mol. The Hall–Kier alpha value is -0.740. The fourth-order valence-corrected chi connectivity index (χ4v) is 2.69. The molecular formula is C12H10Cl2N2S. The van der Waals surface area contributed by atoms with Gasteiger partial charge in [0.25, 0.3) is 0 Å². The van der Waals surface area contributed by atoms with Crippen molar-refractivity contribution in [3.8, 4) is 0 Å². The first kappa shape index (κ1) is 12.7. The molecule has 0 spiro atoms. The van der Waals surface area contributed by atoms with Crippen LogP contribution in [0.25, 0.3) is 0 Å². The maximum atomic E-state index is 6.06. The highest BCUT2D eigenvalue weighted by Crippen LogP contribution is 2.34. The van der Waals surface area contributed by atoms with Gasteiger partial charge in [0.1, 0.15) is 5.03 Å². The van der Waals surface area contributed by atoms with Gasteiger partial charge < -0.3 is 5.73 Å². The second-order valence-electron chi connectivity index (χ2n) is 3.35. The Morgan fingerprint density at radius 2 is 2.06 bits per heavy atom. The summed E-state index contributed by atoms with van der Waals surface area (Å²) >= 11 is 13.5. The van der Waals surface area contributed by atoms with E-state index in [1.807, 2.05) is 24.3 Å². The summed E-state index contributed by atoms with van der Waals surface area (Å²) in [6.45, 7) is 0.438. The third-order valence-electron chi connectivity index (χ3n) is 2.17. The van der Waals surface area contributed by atoms with Crippen LogP contribution in [-0.2, 0) is 6.54 Å². The number of halogens is 2. The summed E-state index contributed by atoms with van der Waals surface area (Å²) in [6.07, 6.45) is 1.71. The fourth-order valence-electron chi connectivity index (χ4n) is 1.36. The summed E-state index contributed by atoms with van der Waals surface area (Å²) in [5.41, 5.74) is 6.68. The fraction of sp³-hybridized carbons (Fsp3) is 0.0833. The van der Waals surface area contributed by atoms with Crippen LogP contribution in [0.2, 0.25) is 10.0 Å². The summed E-state index contributed by atoms with van der Waals surface area (Å²) in [5, 5.41) is 2.09. The lowest BCUT2D eigenvalue weighted by molar-refractivity contribution is 1.02. The Morgan fingerprint density at radius 1 is 1.24 bits per heavy atom. The van der Waals surface area contributed by atoms with Gasteiger partial charge in [0.15, 0.2) is 0 Å². The number of nitrogens with zero attached hydrogens (tertiary/aromatic N) is 1.